The molecule has 18 heavy (non-hydrogen) atoms. The number of aryl methyl sites for hydroxylation is 3. The van der Waals surface area contributed by atoms with Gasteiger partial charge in [-0.1, -0.05) is 17.7 Å². The summed E-state index contributed by atoms with van der Waals surface area (Å²) in [6, 6.07) is 4.66. The third-order valence-corrected chi connectivity index (χ3v) is 4.18. The van der Waals surface area contributed by atoms with Gasteiger partial charge < -0.3 is 10.6 Å². The van der Waals surface area contributed by atoms with Gasteiger partial charge in [-0.2, -0.15) is 0 Å². The Labute approximate surface area is 111 Å². The van der Waals surface area contributed by atoms with Crippen molar-refractivity contribution in [3.8, 4) is 0 Å². The zero-order valence-corrected chi connectivity index (χ0v) is 12.0. The van der Waals surface area contributed by atoms with Crippen molar-refractivity contribution in [2.75, 3.05) is 26.2 Å². The van der Waals surface area contributed by atoms with Gasteiger partial charge in [-0.25, -0.2) is 0 Å². The van der Waals surface area contributed by atoms with Crippen LogP contribution in [0, 0.1) is 20.8 Å². The minimum Gasteiger partial charge on any atom is -0.329 e. The number of benzene rings is 1. The minimum absolute atomic E-state index is 0.750. The lowest BCUT2D eigenvalue weighted by molar-refractivity contribution is 0.217. The average molecular weight is 246 g/mol. The van der Waals surface area contributed by atoms with Crippen LogP contribution in [0.3, 0.4) is 0 Å². The number of nitrogens with two attached hydrogens (primary N) is 1. The Morgan fingerprint density at radius 3 is 2.17 bits per heavy atom. The van der Waals surface area contributed by atoms with Gasteiger partial charge >= 0.3 is 0 Å². The second-order valence-corrected chi connectivity index (χ2v) is 5.72. The largest absolute Gasteiger partial charge is 0.329 e. The van der Waals surface area contributed by atoms with Crippen molar-refractivity contribution in [3.63, 3.8) is 0 Å². The number of rotatable bonds is 3. The molecule has 0 bridgehead atoms. The Bertz CT molecular complexity index is 381. The molecule has 100 valence electrons. The fraction of sp³-hybridized carbons (Fsp3) is 0.625. The highest BCUT2D eigenvalue weighted by atomic mass is 15.1. The van der Waals surface area contributed by atoms with Crippen molar-refractivity contribution in [2.45, 2.75) is 39.5 Å². The normalized spacial score (nSPS) is 18.2. The van der Waals surface area contributed by atoms with Gasteiger partial charge in [0, 0.05) is 13.1 Å². The quantitative estimate of drug-likeness (QED) is 0.888. The van der Waals surface area contributed by atoms with E-state index in [1.54, 1.807) is 5.56 Å². The molecule has 0 spiro atoms. The number of piperidine rings is 1. The van der Waals surface area contributed by atoms with Gasteiger partial charge in [-0.05, 0) is 69.3 Å². The first kappa shape index (κ1) is 13.6. The van der Waals surface area contributed by atoms with Crippen LogP contribution >= 0.6 is 0 Å². The van der Waals surface area contributed by atoms with Crippen LogP contribution in [0.5, 0.6) is 0 Å². The minimum atomic E-state index is 0.750. The van der Waals surface area contributed by atoms with E-state index in [2.05, 4.69) is 37.8 Å². The van der Waals surface area contributed by atoms with Crippen molar-refractivity contribution in [3.05, 3.63) is 34.4 Å². The maximum atomic E-state index is 5.63. The second kappa shape index (κ2) is 5.85. The van der Waals surface area contributed by atoms with Gasteiger partial charge in [0.05, 0.1) is 0 Å². The molecule has 0 aromatic heterocycles. The SMILES string of the molecule is Cc1cc(C)c(C2CCN(CCN)CC2)c(C)c1. The van der Waals surface area contributed by atoms with Crippen molar-refractivity contribution >= 4 is 0 Å². The molecule has 0 unspecified atom stereocenters. The summed E-state index contributed by atoms with van der Waals surface area (Å²) in [5, 5.41) is 0. The molecule has 2 N–H and O–H groups in total. The monoisotopic (exact) mass is 246 g/mol. The van der Waals surface area contributed by atoms with Gasteiger partial charge in [0.1, 0.15) is 0 Å². The van der Waals surface area contributed by atoms with E-state index >= 15 is 0 Å². The number of hydrogen-bond acceptors (Lipinski definition) is 2. The molecule has 2 nitrogen and oxygen atoms in total. The van der Waals surface area contributed by atoms with Crippen LogP contribution in [-0.4, -0.2) is 31.1 Å². The van der Waals surface area contributed by atoms with Gasteiger partial charge in [-0.3, -0.25) is 0 Å². The summed E-state index contributed by atoms with van der Waals surface area (Å²) in [7, 11) is 0. The molecule has 1 fully saturated rings. The van der Waals surface area contributed by atoms with Crippen molar-refractivity contribution < 1.29 is 0 Å². The van der Waals surface area contributed by atoms with E-state index in [4.69, 9.17) is 5.73 Å². The Hall–Kier alpha value is -0.860. The smallest absolute Gasteiger partial charge is 0.0105 e. The van der Waals surface area contributed by atoms with Gasteiger partial charge in [0.25, 0.3) is 0 Å². The first-order valence-corrected chi connectivity index (χ1v) is 7.12. The van der Waals surface area contributed by atoms with E-state index in [9.17, 15) is 0 Å². The lowest BCUT2D eigenvalue weighted by Gasteiger charge is -2.33. The summed E-state index contributed by atoms with van der Waals surface area (Å²) < 4.78 is 0. The third kappa shape index (κ3) is 2.93. The van der Waals surface area contributed by atoms with E-state index in [0.717, 1.165) is 19.0 Å². The lowest BCUT2D eigenvalue weighted by atomic mass is 9.83. The predicted molar refractivity (Wildman–Crippen MR) is 78.1 cm³/mol. The molecule has 1 aliphatic heterocycles. The van der Waals surface area contributed by atoms with Crippen molar-refractivity contribution in [1.29, 1.82) is 0 Å². The zero-order chi connectivity index (χ0) is 13.1. The summed E-state index contributed by atoms with van der Waals surface area (Å²) >= 11 is 0. The lowest BCUT2D eigenvalue weighted by Crippen LogP contribution is -2.36. The molecule has 0 radical (unpaired) electrons. The summed E-state index contributed by atoms with van der Waals surface area (Å²) in [5.74, 6) is 0.750. The summed E-state index contributed by atoms with van der Waals surface area (Å²) in [4.78, 5) is 2.50. The Morgan fingerprint density at radius 1 is 1.11 bits per heavy atom. The molecule has 2 rings (SSSR count). The highest BCUT2D eigenvalue weighted by Crippen LogP contribution is 2.32. The maximum absolute atomic E-state index is 5.63. The van der Waals surface area contributed by atoms with Crippen molar-refractivity contribution in [1.82, 2.24) is 4.90 Å². The topological polar surface area (TPSA) is 29.3 Å². The highest BCUT2D eigenvalue weighted by molar-refractivity contribution is 5.40. The van der Waals surface area contributed by atoms with E-state index in [1.807, 2.05) is 0 Å². The van der Waals surface area contributed by atoms with Crippen LogP contribution in [0.15, 0.2) is 12.1 Å². The fourth-order valence-electron chi connectivity index (χ4n) is 3.46. The van der Waals surface area contributed by atoms with E-state index in [1.165, 1.54) is 42.6 Å². The second-order valence-electron chi connectivity index (χ2n) is 5.72. The first-order valence-electron chi connectivity index (χ1n) is 7.12. The summed E-state index contributed by atoms with van der Waals surface area (Å²) in [6.07, 6.45) is 2.56. The molecule has 1 saturated heterocycles. The molecule has 1 aromatic carbocycles. The van der Waals surface area contributed by atoms with Crippen LogP contribution in [0.1, 0.15) is 41.0 Å². The van der Waals surface area contributed by atoms with E-state index < -0.39 is 0 Å². The molecule has 1 aliphatic rings. The molecule has 0 aliphatic carbocycles. The van der Waals surface area contributed by atoms with Gasteiger partial charge in [0.2, 0.25) is 0 Å². The average Bonchev–Trinajstić information content (AvgIpc) is 2.30. The molecular formula is C16H26N2. The van der Waals surface area contributed by atoms with Crippen LogP contribution in [-0.2, 0) is 0 Å². The van der Waals surface area contributed by atoms with E-state index in [-0.39, 0.29) is 0 Å². The Morgan fingerprint density at radius 2 is 1.67 bits per heavy atom. The standard InChI is InChI=1S/C16H26N2/c1-12-10-13(2)16(14(3)11-12)15-4-7-18(8-5-15)9-6-17/h10-11,15H,4-9,17H2,1-3H3. The molecular weight excluding hydrogens is 220 g/mol. The number of likely N-dealkylation sites (tertiary alicyclic amines) is 1. The molecule has 0 saturated carbocycles. The van der Waals surface area contributed by atoms with Crippen LogP contribution < -0.4 is 5.73 Å². The molecule has 1 aromatic rings. The highest BCUT2D eigenvalue weighted by Gasteiger charge is 2.22. The van der Waals surface area contributed by atoms with Crippen LogP contribution in [0.2, 0.25) is 0 Å². The fourth-order valence-corrected chi connectivity index (χ4v) is 3.46. The third-order valence-electron chi connectivity index (χ3n) is 4.18. The zero-order valence-electron chi connectivity index (χ0n) is 12.0. The first-order chi connectivity index (χ1) is 8.61. The molecule has 1 heterocycles. The molecule has 0 atom stereocenters. The van der Waals surface area contributed by atoms with E-state index in [0.29, 0.717) is 0 Å². The summed E-state index contributed by atoms with van der Waals surface area (Å²) in [5.41, 5.74) is 11.6. The van der Waals surface area contributed by atoms with Crippen molar-refractivity contribution in [2.24, 2.45) is 5.73 Å². The number of nitrogens with zero attached hydrogens (tertiary/aromatic N) is 1. The van der Waals surface area contributed by atoms with Crippen LogP contribution in [0.4, 0.5) is 0 Å². The van der Waals surface area contributed by atoms with Gasteiger partial charge in [0.15, 0.2) is 0 Å². The maximum Gasteiger partial charge on any atom is 0.0105 e. The molecule has 0 amide bonds. The number of hydrogen-bond donors (Lipinski definition) is 1. The Balaban J connectivity index is 2.10. The Kier molecular flexibility index (Phi) is 4.41. The predicted octanol–water partition coefficient (Wildman–Crippen LogP) is 2.75. The summed E-state index contributed by atoms with van der Waals surface area (Å²) in [6.45, 7) is 11.0. The van der Waals surface area contributed by atoms with Gasteiger partial charge in [-0.15, -0.1) is 0 Å². The molecule has 2 heteroatoms. The van der Waals surface area contributed by atoms with Crippen LogP contribution in [0.25, 0.3) is 0 Å².